The van der Waals surface area contributed by atoms with Crippen molar-refractivity contribution < 1.29 is 9.53 Å². The maximum atomic E-state index is 12.6. The summed E-state index contributed by atoms with van der Waals surface area (Å²) in [5.41, 5.74) is 4.10. The van der Waals surface area contributed by atoms with Gasteiger partial charge in [0.15, 0.2) is 5.82 Å². The largest absolute Gasteiger partial charge is 0.462 e. The predicted molar refractivity (Wildman–Crippen MR) is 94.8 cm³/mol. The van der Waals surface area contributed by atoms with Gasteiger partial charge in [-0.05, 0) is 31.4 Å². The molecule has 0 fully saturated rings. The Labute approximate surface area is 145 Å². The molecule has 1 unspecified atom stereocenters. The number of ether oxygens (including phenoxy) is 1. The second kappa shape index (κ2) is 7.29. The van der Waals surface area contributed by atoms with Crippen LogP contribution in [0.5, 0.6) is 0 Å². The number of anilines is 1. The van der Waals surface area contributed by atoms with Crippen molar-refractivity contribution in [3.63, 3.8) is 0 Å². The van der Waals surface area contributed by atoms with Crippen LogP contribution in [0.25, 0.3) is 0 Å². The van der Waals surface area contributed by atoms with Crippen LogP contribution < -0.4 is 11.0 Å². The number of esters is 1. The number of para-hydroxylation sites is 1. The number of fused-ring (bicyclic) bond motifs is 1. The second-order valence-corrected chi connectivity index (χ2v) is 5.98. The van der Waals surface area contributed by atoms with Gasteiger partial charge in [-0.1, -0.05) is 25.1 Å². The van der Waals surface area contributed by atoms with E-state index in [1.807, 2.05) is 37.3 Å². The minimum absolute atomic E-state index is 0.0462. The number of aromatic nitrogens is 2. The molecule has 0 saturated heterocycles. The van der Waals surface area contributed by atoms with E-state index >= 15 is 0 Å². The second-order valence-electron chi connectivity index (χ2n) is 5.98. The molecule has 25 heavy (non-hydrogen) atoms. The molecule has 0 aliphatic carbocycles. The Morgan fingerprint density at radius 1 is 1.40 bits per heavy atom. The normalized spacial score (nSPS) is 17.8. The van der Waals surface area contributed by atoms with Gasteiger partial charge in [-0.2, -0.15) is 5.10 Å². The van der Waals surface area contributed by atoms with Gasteiger partial charge in [0.1, 0.15) is 11.3 Å². The number of hydrogen-bond acceptors (Lipinski definition) is 6. The molecule has 3 rings (SSSR count). The Hall–Kier alpha value is -2.96. The molecule has 0 radical (unpaired) electrons. The number of carbonyl (C=O) groups is 1. The number of hydrogen-bond donors (Lipinski definition) is 1. The molecule has 0 amide bonds. The van der Waals surface area contributed by atoms with Gasteiger partial charge < -0.3 is 4.74 Å². The lowest BCUT2D eigenvalue weighted by atomic mass is 9.99. The summed E-state index contributed by atoms with van der Waals surface area (Å²) in [6.07, 6.45) is 1.98. The fraction of sp³-hybridized carbons (Fsp3) is 0.333. The van der Waals surface area contributed by atoms with Crippen LogP contribution in [-0.2, 0) is 11.3 Å². The lowest BCUT2D eigenvalue weighted by Gasteiger charge is -2.24. The number of carbonyl (C=O) groups excluding carboxylic acids is 1. The summed E-state index contributed by atoms with van der Waals surface area (Å²) in [6, 6.07) is 9.55. The Morgan fingerprint density at radius 3 is 2.88 bits per heavy atom. The van der Waals surface area contributed by atoms with Crippen LogP contribution in [0.1, 0.15) is 36.5 Å². The van der Waals surface area contributed by atoms with Crippen LogP contribution in [0.15, 0.2) is 46.4 Å². The summed E-state index contributed by atoms with van der Waals surface area (Å²) in [6.45, 7) is 4.44. The molecule has 2 aromatic rings. The van der Waals surface area contributed by atoms with E-state index in [0.717, 1.165) is 5.69 Å². The van der Waals surface area contributed by atoms with E-state index in [0.29, 0.717) is 24.5 Å². The quantitative estimate of drug-likeness (QED) is 0.682. The third kappa shape index (κ3) is 3.60. The zero-order valence-electron chi connectivity index (χ0n) is 14.2. The minimum Gasteiger partial charge on any atom is -0.462 e. The lowest BCUT2D eigenvalue weighted by Crippen LogP contribution is -2.38. The van der Waals surface area contributed by atoms with E-state index in [4.69, 9.17) is 4.74 Å². The molecule has 1 aromatic carbocycles. The van der Waals surface area contributed by atoms with Crippen LogP contribution in [0.2, 0.25) is 0 Å². The minimum atomic E-state index is -0.644. The molecule has 0 bridgehead atoms. The van der Waals surface area contributed by atoms with E-state index in [-0.39, 0.29) is 23.6 Å². The first-order chi connectivity index (χ1) is 12.1. The zero-order valence-corrected chi connectivity index (χ0v) is 14.2. The molecule has 7 nitrogen and oxygen atoms in total. The topological polar surface area (TPSA) is 85.6 Å². The molecule has 7 heteroatoms. The molecule has 2 heterocycles. The average Bonchev–Trinajstić information content (AvgIpc) is 2.61. The molecule has 130 valence electrons. The summed E-state index contributed by atoms with van der Waals surface area (Å²) in [5, 5.41) is 4.43. The molecule has 0 spiro atoms. The summed E-state index contributed by atoms with van der Waals surface area (Å²) >= 11 is 0. The third-order valence-corrected chi connectivity index (χ3v) is 3.93. The van der Waals surface area contributed by atoms with Gasteiger partial charge in [-0.3, -0.25) is 14.8 Å². The Balaban J connectivity index is 1.97. The Morgan fingerprint density at radius 2 is 2.16 bits per heavy atom. The SMILES string of the molecule is CCOC(=O)c1cnc2n(c1=O)CC(C)CC2=NNc1ccccc1. The molecule has 1 aliphatic heterocycles. The fourth-order valence-electron chi connectivity index (χ4n) is 2.78. The highest BCUT2D eigenvalue weighted by Crippen LogP contribution is 2.18. The maximum Gasteiger partial charge on any atom is 0.345 e. The van der Waals surface area contributed by atoms with Crippen molar-refractivity contribution in [2.75, 3.05) is 12.0 Å². The van der Waals surface area contributed by atoms with Crippen LogP contribution in [0.4, 0.5) is 5.69 Å². The van der Waals surface area contributed by atoms with Gasteiger partial charge in [0.25, 0.3) is 5.56 Å². The van der Waals surface area contributed by atoms with Gasteiger partial charge in [-0.25, -0.2) is 9.78 Å². The molecule has 1 atom stereocenters. The average molecular weight is 340 g/mol. The van der Waals surface area contributed by atoms with E-state index < -0.39 is 5.97 Å². The number of nitrogens with zero attached hydrogens (tertiary/aromatic N) is 3. The number of rotatable bonds is 4. The first-order valence-electron chi connectivity index (χ1n) is 8.25. The standard InChI is InChI=1S/C18H20N4O3/c1-3-25-18(24)14-10-19-16-15(9-12(2)11-22(16)17(14)23)21-20-13-7-5-4-6-8-13/h4-8,10,12,20H,3,9,11H2,1-2H3. The van der Waals surface area contributed by atoms with Crippen LogP contribution >= 0.6 is 0 Å². The van der Waals surface area contributed by atoms with Gasteiger partial charge in [0.2, 0.25) is 0 Å². The van der Waals surface area contributed by atoms with Crippen molar-refractivity contribution in [1.29, 1.82) is 0 Å². The highest BCUT2D eigenvalue weighted by atomic mass is 16.5. The lowest BCUT2D eigenvalue weighted by molar-refractivity contribution is 0.0522. The molecular formula is C18H20N4O3. The molecule has 0 saturated carbocycles. The van der Waals surface area contributed by atoms with Gasteiger partial charge in [0, 0.05) is 12.7 Å². The fourth-order valence-corrected chi connectivity index (χ4v) is 2.78. The van der Waals surface area contributed by atoms with Gasteiger partial charge >= 0.3 is 5.97 Å². The molecular weight excluding hydrogens is 320 g/mol. The summed E-state index contributed by atoms with van der Waals surface area (Å²) < 4.78 is 6.43. The van der Waals surface area contributed by atoms with Gasteiger partial charge in [0.05, 0.1) is 12.3 Å². The third-order valence-electron chi connectivity index (χ3n) is 3.93. The number of nitrogens with one attached hydrogen (secondary N) is 1. The summed E-state index contributed by atoms with van der Waals surface area (Å²) in [4.78, 5) is 28.9. The van der Waals surface area contributed by atoms with Gasteiger partial charge in [-0.15, -0.1) is 0 Å². The van der Waals surface area contributed by atoms with Crippen molar-refractivity contribution >= 4 is 17.4 Å². The molecule has 1 aliphatic rings. The maximum absolute atomic E-state index is 12.6. The van der Waals surface area contributed by atoms with Crippen LogP contribution in [-0.4, -0.2) is 27.8 Å². The van der Waals surface area contributed by atoms with Crippen LogP contribution in [0.3, 0.4) is 0 Å². The summed E-state index contributed by atoms with van der Waals surface area (Å²) in [5.74, 6) is 0.0507. The highest BCUT2D eigenvalue weighted by molar-refractivity contribution is 5.99. The van der Waals surface area contributed by atoms with Crippen molar-refractivity contribution in [3.8, 4) is 0 Å². The first kappa shape index (κ1) is 16.9. The Kier molecular flexibility index (Phi) is 4.92. The van der Waals surface area contributed by atoms with E-state index in [1.165, 1.54) is 10.8 Å². The number of hydrazone groups is 1. The van der Waals surface area contributed by atoms with E-state index in [9.17, 15) is 9.59 Å². The smallest absolute Gasteiger partial charge is 0.345 e. The highest BCUT2D eigenvalue weighted by Gasteiger charge is 2.26. The zero-order chi connectivity index (χ0) is 17.8. The van der Waals surface area contributed by atoms with E-state index in [2.05, 4.69) is 15.5 Å². The van der Waals surface area contributed by atoms with Crippen molar-refractivity contribution in [2.45, 2.75) is 26.8 Å². The van der Waals surface area contributed by atoms with E-state index in [1.54, 1.807) is 6.92 Å². The van der Waals surface area contributed by atoms with Crippen LogP contribution in [0, 0.1) is 5.92 Å². The first-order valence-corrected chi connectivity index (χ1v) is 8.25. The van der Waals surface area contributed by atoms with Crippen molar-refractivity contribution in [2.24, 2.45) is 11.0 Å². The van der Waals surface area contributed by atoms with Crippen molar-refractivity contribution in [1.82, 2.24) is 9.55 Å². The number of benzene rings is 1. The van der Waals surface area contributed by atoms with Crippen molar-refractivity contribution in [3.05, 3.63) is 58.3 Å². The monoisotopic (exact) mass is 340 g/mol. The Bertz CT molecular complexity index is 858. The molecule has 1 N–H and O–H groups in total. The summed E-state index contributed by atoms with van der Waals surface area (Å²) in [7, 11) is 0. The molecule has 1 aromatic heterocycles. The predicted octanol–water partition coefficient (Wildman–Crippen LogP) is 2.28.